The van der Waals surface area contributed by atoms with Crippen molar-refractivity contribution in [3.05, 3.63) is 65.5 Å². The predicted molar refractivity (Wildman–Crippen MR) is 119 cm³/mol. The lowest BCUT2D eigenvalue weighted by atomic mass is 10.1. The number of fused-ring (bicyclic) bond motifs is 1. The number of carbonyl (C=O) groups is 1. The molecule has 2 heterocycles. The van der Waals surface area contributed by atoms with Crippen molar-refractivity contribution < 1.29 is 13.2 Å². The van der Waals surface area contributed by atoms with Crippen LogP contribution in [-0.2, 0) is 28.6 Å². The zero-order valence-electron chi connectivity index (χ0n) is 17.4. The van der Waals surface area contributed by atoms with Crippen LogP contribution in [0.5, 0.6) is 0 Å². The molecule has 0 unspecified atom stereocenters. The summed E-state index contributed by atoms with van der Waals surface area (Å²) in [6.45, 7) is 2.55. The molecule has 0 spiro atoms. The van der Waals surface area contributed by atoms with E-state index in [4.69, 9.17) is 0 Å². The molecule has 158 valence electrons. The Labute approximate surface area is 176 Å². The van der Waals surface area contributed by atoms with Gasteiger partial charge in [0.25, 0.3) is 10.2 Å². The summed E-state index contributed by atoms with van der Waals surface area (Å²) in [5, 5.41) is 1.14. The van der Waals surface area contributed by atoms with Crippen molar-refractivity contribution in [1.82, 2.24) is 19.2 Å². The van der Waals surface area contributed by atoms with Crippen molar-refractivity contribution in [2.75, 3.05) is 18.8 Å². The number of hydrogen-bond donors (Lipinski definition) is 2. The maximum atomic E-state index is 12.6. The Morgan fingerprint density at radius 2 is 1.97 bits per heavy atom. The van der Waals surface area contributed by atoms with Gasteiger partial charge in [-0.05, 0) is 42.3 Å². The minimum atomic E-state index is -3.61. The molecular weight excluding hydrogens is 402 g/mol. The Kier molecular flexibility index (Phi) is 6.23. The number of benzene rings is 1. The number of pyridine rings is 1. The fourth-order valence-corrected chi connectivity index (χ4v) is 3.66. The highest BCUT2D eigenvalue weighted by atomic mass is 32.2. The molecule has 0 radical (unpaired) electrons. The molecule has 0 bridgehead atoms. The normalized spacial score (nSPS) is 11.9. The van der Waals surface area contributed by atoms with Crippen LogP contribution in [0.15, 0.2) is 48.7 Å². The van der Waals surface area contributed by atoms with Gasteiger partial charge < -0.3 is 9.47 Å². The van der Waals surface area contributed by atoms with Gasteiger partial charge >= 0.3 is 0 Å². The first-order valence-corrected chi connectivity index (χ1v) is 10.8. The van der Waals surface area contributed by atoms with Crippen LogP contribution in [0.3, 0.4) is 0 Å². The van der Waals surface area contributed by atoms with E-state index in [-0.39, 0.29) is 11.7 Å². The zero-order valence-corrected chi connectivity index (χ0v) is 18.2. The van der Waals surface area contributed by atoms with E-state index in [2.05, 4.69) is 38.1 Å². The third-order valence-corrected chi connectivity index (χ3v) is 6.03. The molecule has 0 aliphatic rings. The molecule has 3 rings (SSSR count). The smallest absolute Gasteiger partial charge is 0.300 e. The van der Waals surface area contributed by atoms with Gasteiger partial charge in [-0.2, -0.15) is 8.42 Å². The Morgan fingerprint density at radius 1 is 1.23 bits per heavy atom. The van der Waals surface area contributed by atoms with Gasteiger partial charge in [0, 0.05) is 56.6 Å². The van der Waals surface area contributed by atoms with Crippen molar-refractivity contribution in [2.24, 2.45) is 7.05 Å². The first-order valence-electron chi connectivity index (χ1n) is 9.35. The van der Waals surface area contributed by atoms with Gasteiger partial charge in [-0.1, -0.05) is 18.2 Å². The molecule has 0 fully saturated rings. The zero-order chi connectivity index (χ0) is 21.9. The van der Waals surface area contributed by atoms with Crippen molar-refractivity contribution in [1.29, 1.82) is 0 Å². The molecule has 2 N–H and O–H groups in total. The molecular formula is C21H25N5O3S. The quantitative estimate of drug-likeness (QED) is 0.566. The number of amides is 1. The van der Waals surface area contributed by atoms with Gasteiger partial charge in [0.2, 0.25) is 5.91 Å². The fourth-order valence-electron chi connectivity index (χ4n) is 3.16. The van der Waals surface area contributed by atoms with Crippen LogP contribution in [0.2, 0.25) is 0 Å². The monoisotopic (exact) mass is 427 g/mol. The summed E-state index contributed by atoms with van der Waals surface area (Å²) in [5.41, 5.74) is 4.08. The second kappa shape index (κ2) is 8.68. The van der Waals surface area contributed by atoms with E-state index in [1.807, 2.05) is 19.2 Å². The van der Waals surface area contributed by atoms with Crippen LogP contribution in [0.25, 0.3) is 17.0 Å². The molecule has 9 heteroatoms. The summed E-state index contributed by atoms with van der Waals surface area (Å²) in [6.07, 6.45) is 4.62. The first kappa shape index (κ1) is 21.5. The molecule has 1 aromatic carbocycles. The van der Waals surface area contributed by atoms with Crippen LogP contribution >= 0.6 is 0 Å². The predicted octanol–water partition coefficient (Wildman–Crippen LogP) is 2.43. The molecule has 2 aromatic heterocycles. The standard InChI is InChI=1S/C21H25N5O3S/c1-15-18(17-7-5-6-8-19(17)26(15)4)14-25(3)21(27)12-10-16-9-11-20(23-13-16)24-30(28,29)22-2/h5-13,22H,14H2,1-4H3,(H,23,24)/b12-10+. The molecule has 0 aliphatic carbocycles. The maximum Gasteiger partial charge on any atom is 0.300 e. The summed E-state index contributed by atoms with van der Waals surface area (Å²) in [7, 11) is 1.48. The second-order valence-corrected chi connectivity index (χ2v) is 8.57. The summed E-state index contributed by atoms with van der Waals surface area (Å²) >= 11 is 0. The molecule has 0 saturated carbocycles. The number of rotatable bonds is 7. The Balaban J connectivity index is 1.69. The van der Waals surface area contributed by atoms with Gasteiger partial charge in [0.15, 0.2) is 0 Å². The molecule has 8 nitrogen and oxygen atoms in total. The topological polar surface area (TPSA) is 96.3 Å². The van der Waals surface area contributed by atoms with E-state index >= 15 is 0 Å². The number of anilines is 1. The highest BCUT2D eigenvalue weighted by molar-refractivity contribution is 7.90. The van der Waals surface area contributed by atoms with Gasteiger partial charge in [-0.3, -0.25) is 9.52 Å². The summed E-state index contributed by atoms with van der Waals surface area (Å²) < 4.78 is 29.5. The lowest BCUT2D eigenvalue weighted by Crippen LogP contribution is -2.26. The summed E-state index contributed by atoms with van der Waals surface area (Å²) in [6, 6.07) is 11.4. The molecule has 0 aliphatic heterocycles. The van der Waals surface area contributed by atoms with Gasteiger partial charge in [0.1, 0.15) is 5.82 Å². The summed E-state index contributed by atoms with van der Waals surface area (Å²) in [4.78, 5) is 18.3. The van der Waals surface area contributed by atoms with Gasteiger partial charge in [-0.25, -0.2) is 9.71 Å². The highest BCUT2D eigenvalue weighted by Crippen LogP contribution is 2.25. The number of nitrogens with zero attached hydrogens (tertiary/aromatic N) is 3. The third kappa shape index (κ3) is 4.69. The van der Waals surface area contributed by atoms with Crippen LogP contribution in [0.4, 0.5) is 5.82 Å². The van der Waals surface area contributed by atoms with Crippen LogP contribution in [0.1, 0.15) is 16.8 Å². The van der Waals surface area contributed by atoms with Crippen molar-refractivity contribution in [3.8, 4) is 0 Å². The molecule has 0 saturated heterocycles. The van der Waals surface area contributed by atoms with Crippen LogP contribution in [-0.4, -0.2) is 42.9 Å². The number of nitrogens with one attached hydrogen (secondary N) is 2. The Bertz CT molecular complexity index is 1200. The van der Waals surface area contributed by atoms with E-state index < -0.39 is 10.2 Å². The first-order chi connectivity index (χ1) is 14.2. The number of likely N-dealkylation sites (N-methyl/N-ethyl adjacent to an activating group) is 1. The van der Waals surface area contributed by atoms with E-state index in [1.165, 1.54) is 25.4 Å². The number of carbonyl (C=O) groups excluding carboxylic acids is 1. The van der Waals surface area contributed by atoms with E-state index in [0.29, 0.717) is 12.1 Å². The lowest BCUT2D eigenvalue weighted by Gasteiger charge is -2.15. The SMILES string of the molecule is CNS(=O)(=O)Nc1ccc(/C=C/C(=O)N(C)Cc2c(C)n(C)c3ccccc23)cn1. The van der Waals surface area contributed by atoms with E-state index in [0.717, 1.165) is 22.2 Å². The molecule has 0 atom stereocenters. The number of aromatic nitrogens is 2. The number of aryl methyl sites for hydroxylation is 1. The van der Waals surface area contributed by atoms with Crippen molar-refractivity contribution >= 4 is 38.9 Å². The maximum absolute atomic E-state index is 12.6. The van der Waals surface area contributed by atoms with Gasteiger partial charge in [0.05, 0.1) is 0 Å². The second-order valence-electron chi connectivity index (χ2n) is 6.95. The lowest BCUT2D eigenvalue weighted by molar-refractivity contribution is -0.125. The van der Waals surface area contributed by atoms with E-state index in [9.17, 15) is 13.2 Å². The van der Waals surface area contributed by atoms with Crippen LogP contribution < -0.4 is 9.44 Å². The molecule has 30 heavy (non-hydrogen) atoms. The number of hydrogen-bond acceptors (Lipinski definition) is 4. The van der Waals surface area contributed by atoms with Gasteiger partial charge in [-0.15, -0.1) is 0 Å². The summed E-state index contributed by atoms with van der Waals surface area (Å²) in [5.74, 6) is 0.0543. The minimum absolute atomic E-state index is 0.137. The third-order valence-electron chi connectivity index (χ3n) is 5.01. The van der Waals surface area contributed by atoms with Crippen molar-refractivity contribution in [3.63, 3.8) is 0 Å². The highest BCUT2D eigenvalue weighted by Gasteiger charge is 2.15. The van der Waals surface area contributed by atoms with Crippen molar-refractivity contribution in [2.45, 2.75) is 13.5 Å². The van der Waals surface area contributed by atoms with Crippen LogP contribution in [0, 0.1) is 6.92 Å². The largest absolute Gasteiger partial charge is 0.348 e. The average molecular weight is 428 g/mol. The Hall–Kier alpha value is -3.17. The molecule has 3 aromatic rings. The van der Waals surface area contributed by atoms with E-state index in [1.54, 1.807) is 24.1 Å². The average Bonchev–Trinajstić information content (AvgIpc) is 2.98. The molecule has 1 amide bonds. The Morgan fingerprint density at radius 3 is 2.63 bits per heavy atom. The fraction of sp³-hybridized carbons (Fsp3) is 0.238. The minimum Gasteiger partial charge on any atom is -0.348 e. The number of para-hydroxylation sites is 1.